The third-order valence-electron chi connectivity index (χ3n) is 4.22. The standard InChI is InChI=1S/C17H9F6NO3S2/c18-14-12-10(28-9-3-1-2-8(6-9)7-24)4-5-11(29(26,27)17(21,22)23)13(12)15(25)16(14,19)20/h1-6,14-15,25H/t14-,15+/m1/s1. The number of alkyl halides is 6. The first-order valence-electron chi connectivity index (χ1n) is 7.68. The number of nitrogens with zero attached hydrogens (tertiary/aromatic N) is 1. The van der Waals surface area contributed by atoms with Crippen LogP contribution in [0, 0.1) is 11.3 Å². The van der Waals surface area contributed by atoms with Gasteiger partial charge in [-0.05, 0) is 30.3 Å². The fourth-order valence-corrected chi connectivity index (χ4v) is 4.92. The Labute approximate surface area is 164 Å². The number of hydrogen-bond donors (Lipinski definition) is 1. The lowest BCUT2D eigenvalue weighted by atomic mass is 10.1. The van der Waals surface area contributed by atoms with Gasteiger partial charge in [-0.1, -0.05) is 17.8 Å². The van der Waals surface area contributed by atoms with E-state index in [0.29, 0.717) is 17.8 Å². The summed E-state index contributed by atoms with van der Waals surface area (Å²) in [6.45, 7) is 0. The second kappa shape index (κ2) is 6.93. The molecule has 0 heterocycles. The van der Waals surface area contributed by atoms with Crippen LogP contribution < -0.4 is 0 Å². The molecule has 0 amide bonds. The fourth-order valence-electron chi connectivity index (χ4n) is 2.87. The Hall–Kier alpha value is -2.23. The zero-order valence-corrected chi connectivity index (χ0v) is 15.5. The molecule has 0 spiro atoms. The van der Waals surface area contributed by atoms with E-state index >= 15 is 0 Å². The summed E-state index contributed by atoms with van der Waals surface area (Å²) < 4.78 is 105. The highest BCUT2D eigenvalue weighted by Crippen LogP contribution is 2.57. The SMILES string of the molecule is N#Cc1cccc(Sc2ccc(S(=O)(=O)C(F)(F)F)c3c2[C@@H](F)C(F)(F)[C@H]3O)c1. The molecule has 0 radical (unpaired) electrons. The molecule has 2 aromatic rings. The van der Waals surface area contributed by atoms with Crippen LogP contribution in [-0.2, 0) is 9.84 Å². The molecule has 1 aliphatic rings. The van der Waals surface area contributed by atoms with E-state index in [4.69, 9.17) is 5.26 Å². The Kier molecular flexibility index (Phi) is 5.13. The molecule has 0 aliphatic heterocycles. The van der Waals surface area contributed by atoms with Gasteiger partial charge in [-0.25, -0.2) is 12.8 Å². The zero-order chi connectivity index (χ0) is 21.8. The number of fused-ring (bicyclic) bond motifs is 1. The van der Waals surface area contributed by atoms with Crippen molar-refractivity contribution in [2.75, 3.05) is 0 Å². The van der Waals surface area contributed by atoms with Crippen LogP contribution >= 0.6 is 11.8 Å². The highest BCUT2D eigenvalue weighted by atomic mass is 32.2. The Bertz CT molecular complexity index is 1120. The zero-order valence-electron chi connectivity index (χ0n) is 13.9. The number of sulfone groups is 1. The number of rotatable bonds is 3. The normalized spacial score (nSPS) is 20.9. The van der Waals surface area contributed by atoms with Gasteiger partial charge in [0.05, 0.1) is 16.5 Å². The van der Waals surface area contributed by atoms with Crippen molar-refractivity contribution in [1.82, 2.24) is 0 Å². The lowest BCUT2D eigenvalue weighted by molar-refractivity contribution is -0.144. The molecular weight excluding hydrogens is 444 g/mol. The third kappa shape index (κ3) is 3.37. The van der Waals surface area contributed by atoms with Crippen molar-refractivity contribution in [3.8, 4) is 6.07 Å². The highest BCUT2D eigenvalue weighted by Gasteiger charge is 2.60. The number of hydrogen-bond acceptors (Lipinski definition) is 5. The summed E-state index contributed by atoms with van der Waals surface area (Å²) in [5.41, 5.74) is -7.99. The van der Waals surface area contributed by atoms with Gasteiger partial charge in [-0.3, -0.25) is 0 Å². The van der Waals surface area contributed by atoms with E-state index in [1.54, 1.807) is 0 Å². The number of halogens is 6. The van der Waals surface area contributed by atoms with Crippen LogP contribution in [0.4, 0.5) is 26.3 Å². The molecule has 154 valence electrons. The second-order valence-corrected chi connectivity index (χ2v) is 9.04. The first-order chi connectivity index (χ1) is 13.3. The number of aliphatic hydroxyl groups excluding tert-OH is 1. The van der Waals surface area contributed by atoms with Gasteiger partial charge in [-0.2, -0.15) is 27.2 Å². The molecule has 4 nitrogen and oxygen atoms in total. The summed E-state index contributed by atoms with van der Waals surface area (Å²) in [7, 11) is -6.12. The Morgan fingerprint density at radius 1 is 1.14 bits per heavy atom. The molecule has 0 saturated carbocycles. The molecule has 2 atom stereocenters. The highest BCUT2D eigenvalue weighted by molar-refractivity contribution is 7.99. The first kappa shape index (κ1) is 21.5. The van der Waals surface area contributed by atoms with Crippen LogP contribution in [0.2, 0.25) is 0 Å². The van der Waals surface area contributed by atoms with Crippen LogP contribution in [0.3, 0.4) is 0 Å². The van der Waals surface area contributed by atoms with E-state index in [-0.39, 0.29) is 15.4 Å². The number of aliphatic hydroxyl groups is 1. The summed E-state index contributed by atoms with van der Waals surface area (Å²) in [4.78, 5) is -1.66. The van der Waals surface area contributed by atoms with Gasteiger partial charge in [0.2, 0.25) is 0 Å². The molecule has 0 aromatic heterocycles. The van der Waals surface area contributed by atoms with Crippen molar-refractivity contribution in [2.45, 2.75) is 38.4 Å². The molecular formula is C17H9F6NO3S2. The van der Waals surface area contributed by atoms with Crippen LogP contribution in [0.25, 0.3) is 0 Å². The van der Waals surface area contributed by atoms with E-state index in [2.05, 4.69) is 0 Å². The average molecular weight is 453 g/mol. The topological polar surface area (TPSA) is 78.2 Å². The Balaban J connectivity index is 2.24. The van der Waals surface area contributed by atoms with Crippen LogP contribution in [-0.4, -0.2) is 25.0 Å². The van der Waals surface area contributed by atoms with Gasteiger partial charge < -0.3 is 5.11 Å². The molecule has 3 rings (SSSR count). The fraction of sp³-hybridized carbons (Fsp3) is 0.235. The quantitative estimate of drug-likeness (QED) is 0.682. The Morgan fingerprint density at radius 2 is 1.79 bits per heavy atom. The predicted molar refractivity (Wildman–Crippen MR) is 88.7 cm³/mol. The smallest absolute Gasteiger partial charge is 0.382 e. The van der Waals surface area contributed by atoms with Crippen molar-refractivity contribution in [3.63, 3.8) is 0 Å². The maximum absolute atomic E-state index is 14.5. The molecule has 12 heteroatoms. The van der Waals surface area contributed by atoms with E-state index in [1.807, 2.05) is 6.07 Å². The molecule has 2 aromatic carbocycles. The van der Waals surface area contributed by atoms with E-state index in [9.17, 15) is 39.9 Å². The largest absolute Gasteiger partial charge is 0.501 e. The van der Waals surface area contributed by atoms with E-state index in [0.717, 1.165) is 6.07 Å². The molecule has 1 N–H and O–H groups in total. The van der Waals surface area contributed by atoms with Crippen molar-refractivity contribution in [2.24, 2.45) is 0 Å². The minimum absolute atomic E-state index is 0.185. The van der Waals surface area contributed by atoms with E-state index < -0.39 is 49.6 Å². The minimum atomic E-state index is -6.12. The van der Waals surface area contributed by atoms with Crippen molar-refractivity contribution in [3.05, 3.63) is 53.1 Å². The van der Waals surface area contributed by atoms with Crippen molar-refractivity contribution in [1.29, 1.82) is 5.26 Å². The Morgan fingerprint density at radius 3 is 2.38 bits per heavy atom. The maximum Gasteiger partial charge on any atom is 0.501 e. The molecule has 0 saturated heterocycles. The predicted octanol–water partition coefficient (Wildman–Crippen LogP) is 4.70. The van der Waals surface area contributed by atoms with Crippen molar-refractivity contribution >= 4 is 21.6 Å². The van der Waals surface area contributed by atoms with Gasteiger partial charge in [-0.15, -0.1) is 0 Å². The summed E-state index contributed by atoms with van der Waals surface area (Å²) in [5.74, 6) is -4.52. The van der Waals surface area contributed by atoms with Crippen LogP contribution in [0.5, 0.6) is 0 Å². The minimum Gasteiger partial charge on any atom is -0.382 e. The number of nitriles is 1. The van der Waals surface area contributed by atoms with Gasteiger partial charge in [0.1, 0.15) is 6.10 Å². The molecule has 0 bridgehead atoms. The lowest BCUT2D eigenvalue weighted by Gasteiger charge is -2.17. The lowest BCUT2D eigenvalue weighted by Crippen LogP contribution is -2.27. The van der Waals surface area contributed by atoms with Crippen LogP contribution in [0.15, 0.2) is 51.1 Å². The van der Waals surface area contributed by atoms with Gasteiger partial charge in [0.15, 0.2) is 6.17 Å². The van der Waals surface area contributed by atoms with Crippen molar-refractivity contribution < 1.29 is 39.9 Å². The molecule has 0 fully saturated rings. The second-order valence-electron chi connectivity index (χ2n) is 6.02. The summed E-state index contributed by atoms with van der Waals surface area (Å²) in [6, 6.07) is 8.65. The molecule has 0 unspecified atom stereocenters. The molecule has 1 aliphatic carbocycles. The van der Waals surface area contributed by atoms with Gasteiger partial charge in [0, 0.05) is 20.9 Å². The van der Waals surface area contributed by atoms with E-state index in [1.165, 1.54) is 24.3 Å². The monoisotopic (exact) mass is 453 g/mol. The summed E-state index contributed by atoms with van der Waals surface area (Å²) >= 11 is 0.644. The number of benzene rings is 2. The molecule has 29 heavy (non-hydrogen) atoms. The average Bonchev–Trinajstić information content (AvgIpc) is 2.82. The maximum atomic E-state index is 14.5. The van der Waals surface area contributed by atoms with Gasteiger partial charge in [0.25, 0.3) is 9.84 Å². The van der Waals surface area contributed by atoms with Gasteiger partial charge >= 0.3 is 11.4 Å². The third-order valence-corrected chi connectivity index (χ3v) is 6.83. The van der Waals surface area contributed by atoms with Crippen LogP contribution in [0.1, 0.15) is 29.0 Å². The summed E-state index contributed by atoms with van der Waals surface area (Å²) in [6.07, 6.45) is -6.30. The first-order valence-corrected chi connectivity index (χ1v) is 9.98. The summed E-state index contributed by atoms with van der Waals surface area (Å²) in [5, 5.41) is 18.7.